The Morgan fingerprint density at radius 3 is 2.65 bits per heavy atom. The molecular weight excluding hydrogens is 400 g/mol. The number of ketones is 1. The molecule has 1 aromatic carbocycles. The van der Waals surface area contributed by atoms with Gasteiger partial charge >= 0.3 is 12.1 Å². The van der Waals surface area contributed by atoms with Crippen molar-refractivity contribution < 1.29 is 28.7 Å². The van der Waals surface area contributed by atoms with Crippen LogP contribution in [0.1, 0.15) is 65.0 Å². The number of alkyl carbamates (subject to hydrolysis) is 1. The molecule has 8 nitrogen and oxygen atoms in total. The number of hydrogen-bond donors (Lipinski definition) is 1. The Hall–Kier alpha value is -2.45. The zero-order valence-corrected chi connectivity index (χ0v) is 18.6. The smallest absolute Gasteiger partial charge is 0.408 e. The van der Waals surface area contributed by atoms with Gasteiger partial charge in [0.15, 0.2) is 0 Å². The highest BCUT2D eigenvalue weighted by Gasteiger charge is 2.51. The Balaban J connectivity index is 1.61. The van der Waals surface area contributed by atoms with Crippen LogP contribution in [0.25, 0.3) is 0 Å². The maximum Gasteiger partial charge on any atom is 0.408 e. The molecule has 2 fully saturated rings. The first-order valence-electron chi connectivity index (χ1n) is 11.0. The van der Waals surface area contributed by atoms with Gasteiger partial charge in [0.2, 0.25) is 18.1 Å². The van der Waals surface area contributed by atoms with E-state index in [1.54, 1.807) is 5.06 Å². The normalized spacial score (nSPS) is 29.0. The summed E-state index contributed by atoms with van der Waals surface area (Å²) < 4.78 is 10.5. The van der Waals surface area contributed by atoms with Crippen molar-refractivity contribution in [3.8, 4) is 0 Å². The molecule has 0 spiro atoms. The van der Waals surface area contributed by atoms with Crippen LogP contribution in [0.5, 0.6) is 0 Å². The Morgan fingerprint density at radius 2 is 2.00 bits per heavy atom. The van der Waals surface area contributed by atoms with Crippen molar-refractivity contribution in [2.45, 2.75) is 77.8 Å². The highest BCUT2D eigenvalue weighted by molar-refractivity contribution is 5.92. The van der Waals surface area contributed by atoms with Crippen LogP contribution in [0, 0.1) is 5.41 Å². The number of nitrogens with one attached hydrogen (secondary N) is 1. The van der Waals surface area contributed by atoms with E-state index in [1.165, 1.54) is 0 Å². The summed E-state index contributed by atoms with van der Waals surface area (Å²) in [5, 5.41) is 4.29. The summed E-state index contributed by atoms with van der Waals surface area (Å²) in [5.74, 6) is -0.773. The molecule has 3 unspecified atom stereocenters. The van der Waals surface area contributed by atoms with Crippen LogP contribution in [0.3, 0.4) is 0 Å². The van der Waals surface area contributed by atoms with E-state index in [1.807, 2.05) is 58.0 Å². The largest absolute Gasteiger partial charge is 0.462 e. The number of amides is 1. The number of esters is 1. The number of Topliss-reactive ketones (excluding diaryl/α,β-unsaturated/α-hetero) is 1. The fourth-order valence-corrected chi connectivity index (χ4v) is 3.74. The second-order valence-electron chi connectivity index (χ2n) is 8.55. The van der Waals surface area contributed by atoms with Gasteiger partial charge in [-0.15, -0.1) is 5.06 Å². The third-order valence-electron chi connectivity index (χ3n) is 6.22. The third-order valence-corrected chi connectivity index (χ3v) is 6.22. The van der Waals surface area contributed by atoms with Gasteiger partial charge in [0, 0.05) is 5.41 Å². The Bertz CT molecular complexity index is 801. The van der Waals surface area contributed by atoms with E-state index in [-0.39, 0.29) is 18.4 Å². The van der Waals surface area contributed by atoms with E-state index in [0.717, 1.165) is 18.4 Å². The number of benzene rings is 1. The molecule has 0 bridgehead atoms. The summed E-state index contributed by atoms with van der Waals surface area (Å²) in [7, 11) is 0. The number of ether oxygens (including phenoxy) is 2. The highest BCUT2D eigenvalue weighted by Crippen LogP contribution is 2.36. The molecule has 6 atom stereocenters. The number of rotatable bonds is 10. The molecule has 0 aromatic heterocycles. The van der Waals surface area contributed by atoms with E-state index >= 15 is 0 Å². The minimum atomic E-state index is -0.980. The lowest BCUT2D eigenvalue weighted by Crippen LogP contribution is -2.47. The summed E-state index contributed by atoms with van der Waals surface area (Å²) >= 11 is 0. The summed E-state index contributed by atoms with van der Waals surface area (Å²) in [6, 6.07) is 8.91. The van der Waals surface area contributed by atoms with Crippen LogP contribution in [0.2, 0.25) is 0 Å². The third kappa shape index (κ3) is 5.25. The van der Waals surface area contributed by atoms with Gasteiger partial charge in [-0.1, -0.05) is 63.9 Å². The van der Waals surface area contributed by atoms with Crippen LogP contribution in [0.15, 0.2) is 30.3 Å². The van der Waals surface area contributed by atoms with Crippen molar-refractivity contribution in [1.29, 1.82) is 0 Å². The average molecular weight is 433 g/mol. The van der Waals surface area contributed by atoms with E-state index < -0.39 is 35.9 Å². The first kappa shape index (κ1) is 23.2. The van der Waals surface area contributed by atoms with E-state index in [4.69, 9.17) is 14.3 Å². The lowest BCUT2D eigenvalue weighted by Gasteiger charge is -2.26. The van der Waals surface area contributed by atoms with Crippen LogP contribution < -0.4 is 5.32 Å². The monoisotopic (exact) mass is 432 g/mol. The fraction of sp³-hybridized carbons (Fsp3) is 0.609. The molecule has 0 radical (unpaired) electrons. The SMILES string of the molecule is CCCC[C@H](NC(=O)OC1C(=O)OC[C@]1(C)CC)C(=O)C1ON1[C@H](C)c1ccccc1. The zero-order valence-electron chi connectivity index (χ0n) is 18.6. The van der Waals surface area contributed by atoms with Crippen LogP contribution in [-0.2, 0) is 23.9 Å². The maximum absolute atomic E-state index is 13.0. The molecule has 2 aliphatic heterocycles. The van der Waals surface area contributed by atoms with Gasteiger partial charge in [0.05, 0.1) is 12.1 Å². The van der Waals surface area contributed by atoms with Crippen molar-refractivity contribution in [2.24, 2.45) is 5.41 Å². The molecule has 8 heteroatoms. The van der Waals surface area contributed by atoms with Gasteiger partial charge in [-0.3, -0.25) is 9.63 Å². The molecule has 31 heavy (non-hydrogen) atoms. The molecule has 1 amide bonds. The Morgan fingerprint density at radius 1 is 1.29 bits per heavy atom. The molecular formula is C23H32N2O6. The molecule has 3 rings (SSSR count). The van der Waals surface area contributed by atoms with E-state index in [2.05, 4.69) is 5.32 Å². The molecule has 1 aromatic rings. The number of carbonyl (C=O) groups is 3. The average Bonchev–Trinajstić information content (AvgIpc) is 3.53. The lowest BCUT2D eigenvalue weighted by molar-refractivity contribution is -0.145. The predicted molar refractivity (Wildman–Crippen MR) is 113 cm³/mol. The highest BCUT2D eigenvalue weighted by atomic mass is 16.8. The standard InChI is InChI=1S/C23H32N2O6/c1-5-7-13-17(24-22(28)30-19-21(27)29-14-23(19,4)6-2)18(26)20-25(31-20)15(3)16-11-9-8-10-12-16/h8-12,15,17,19-20H,5-7,13-14H2,1-4H3,(H,24,28)/t15-,17+,19?,20?,23+,25?/m1/s1. The number of unbranched alkanes of at least 4 members (excludes halogenated alkanes) is 1. The van der Waals surface area contributed by atoms with Crippen LogP contribution >= 0.6 is 0 Å². The Kier molecular flexibility index (Phi) is 7.33. The van der Waals surface area contributed by atoms with Crippen LogP contribution in [-0.4, -0.2) is 47.9 Å². The van der Waals surface area contributed by atoms with Gasteiger partial charge < -0.3 is 14.8 Å². The van der Waals surface area contributed by atoms with E-state index in [9.17, 15) is 14.4 Å². The van der Waals surface area contributed by atoms with Crippen molar-refractivity contribution in [3.05, 3.63) is 35.9 Å². The first-order valence-corrected chi connectivity index (χ1v) is 11.0. The van der Waals surface area contributed by atoms with Gasteiger partial charge in [-0.05, 0) is 25.3 Å². The maximum atomic E-state index is 13.0. The zero-order chi connectivity index (χ0) is 22.6. The lowest BCUT2D eigenvalue weighted by atomic mass is 9.84. The van der Waals surface area contributed by atoms with Crippen molar-refractivity contribution in [2.75, 3.05) is 6.61 Å². The minimum absolute atomic E-state index is 0.0903. The van der Waals surface area contributed by atoms with E-state index in [0.29, 0.717) is 12.8 Å². The predicted octanol–water partition coefficient (Wildman–Crippen LogP) is 3.52. The summed E-state index contributed by atoms with van der Waals surface area (Å²) in [6.07, 6.45) is 0.242. The number of carbonyl (C=O) groups excluding carboxylic acids is 3. The minimum Gasteiger partial charge on any atom is -0.462 e. The fourth-order valence-electron chi connectivity index (χ4n) is 3.74. The molecule has 0 saturated carbocycles. The van der Waals surface area contributed by atoms with Gasteiger partial charge in [-0.2, -0.15) is 0 Å². The second kappa shape index (κ2) is 9.78. The van der Waals surface area contributed by atoms with Crippen molar-refractivity contribution in [1.82, 2.24) is 10.4 Å². The van der Waals surface area contributed by atoms with Crippen molar-refractivity contribution in [3.63, 3.8) is 0 Å². The first-order chi connectivity index (χ1) is 14.8. The van der Waals surface area contributed by atoms with Gasteiger partial charge in [0.1, 0.15) is 6.61 Å². The molecule has 0 aliphatic carbocycles. The summed E-state index contributed by atoms with van der Waals surface area (Å²) in [4.78, 5) is 43.2. The van der Waals surface area contributed by atoms with Crippen LogP contribution in [0.4, 0.5) is 4.79 Å². The Labute approximate surface area is 183 Å². The van der Waals surface area contributed by atoms with Gasteiger partial charge in [0.25, 0.3) is 0 Å². The number of cyclic esters (lactones) is 1. The number of nitrogens with zero attached hydrogens (tertiary/aromatic N) is 1. The number of hydroxylamine groups is 2. The topological polar surface area (TPSA) is 97.2 Å². The second-order valence-corrected chi connectivity index (χ2v) is 8.55. The van der Waals surface area contributed by atoms with Gasteiger partial charge in [-0.25, -0.2) is 9.59 Å². The van der Waals surface area contributed by atoms with Crippen molar-refractivity contribution >= 4 is 17.8 Å². The quantitative estimate of drug-likeness (QED) is 0.446. The molecule has 2 aliphatic rings. The molecule has 170 valence electrons. The number of hydrogen-bond acceptors (Lipinski definition) is 7. The molecule has 2 heterocycles. The summed E-state index contributed by atoms with van der Waals surface area (Å²) in [6.45, 7) is 7.94. The summed E-state index contributed by atoms with van der Waals surface area (Å²) in [5.41, 5.74) is 0.465. The molecule has 2 saturated heterocycles. The molecule has 1 N–H and O–H groups in total.